The van der Waals surface area contributed by atoms with Gasteiger partial charge in [0, 0.05) is 29.8 Å². The molecule has 0 aromatic heterocycles. The van der Waals surface area contributed by atoms with Gasteiger partial charge in [-0.1, -0.05) is 74.0 Å². The van der Waals surface area contributed by atoms with Crippen LogP contribution in [0.5, 0.6) is 0 Å². The fourth-order valence-electron chi connectivity index (χ4n) is 11.2. The van der Waals surface area contributed by atoms with E-state index in [1.807, 2.05) is 26.0 Å². The van der Waals surface area contributed by atoms with Crippen LogP contribution in [0.1, 0.15) is 120 Å². The number of rotatable bonds is 5. The summed E-state index contributed by atoms with van der Waals surface area (Å²) in [4.78, 5) is 44.8. The predicted octanol–water partition coefficient (Wildman–Crippen LogP) is 7.85. The van der Waals surface area contributed by atoms with Crippen LogP contribution in [0.4, 0.5) is 0 Å². The largest absolute Gasteiger partial charge is 0.342 e. The number of carbonyl (C=O) groups excluding carboxylic acids is 3. The number of nitriles is 1. The van der Waals surface area contributed by atoms with Gasteiger partial charge in [-0.25, -0.2) is 0 Å². The lowest BCUT2D eigenvalue weighted by atomic mass is 9.34. The van der Waals surface area contributed by atoms with E-state index in [2.05, 4.69) is 59.4 Å². The molecule has 0 aromatic rings. The Balaban J connectivity index is 1.67. The molecule has 42 heavy (non-hydrogen) atoms. The van der Waals surface area contributed by atoms with E-state index in [0.29, 0.717) is 5.91 Å². The van der Waals surface area contributed by atoms with Crippen molar-refractivity contribution in [2.45, 2.75) is 120 Å². The number of carbonyl (C=O) groups is 3. The van der Waals surface area contributed by atoms with Gasteiger partial charge in [0.2, 0.25) is 5.91 Å². The van der Waals surface area contributed by atoms with Crippen LogP contribution in [-0.2, 0) is 14.4 Å². The number of allylic oxidation sites excluding steroid dienone is 4. The number of hydrogen-bond donors (Lipinski definition) is 0. The summed E-state index contributed by atoms with van der Waals surface area (Å²) in [6.45, 7) is 21.4. The van der Waals surface area contributed by atoms with Crippen LogP contribution in [0, 0.1) is 61.6 Å². The molecule has 230 valence electrons. The van der Waals surface area contributed by atoms with Crippen molar-refractivity contribution < 1.29 is 14.4 Å². The molecule has 0 N–H and O–H groups in total. The zero-order valence-electron chi connectivity index (χ0n) is 27.8. The van der Waals surface area contributed by atoms with E-state index >= 15 is 0 Å². The van der Waals surface area contributed by atoms with Gasteiger partial charge in [-0.2, -0.15) is 5.26 Å². The molecule has 0 spiro atoms. The van der Waals surface area contributed by atoms with E-state index in [1.165, 1.54) is 0 Å². The van der Waals surface area contributed by atoms with E-state index < -0.39 is 16.2 Å². The highest BCUT2D eigenvalue weighted by molar-refractivity contribution is 6.04. The van der Waals surface area contributed by atoms with Gasteiger partial charge < -0.3 is 4.90 Å². The smallest absolute Gasteiger partial charge is 0.229 e. The molecular formula is C37H54N2O3. The molecule has 3 saturated carbocycles. The van der Waals surface area contributed by atoms with Crippen LogP contribution in [0.25, 0.3) is 0 Å². The maximum absolute atomic E-state index is 14.7. The molecule has 5 rings (SSSR count). The quantitative estimate of drug-likeness (QED) is 0.335. The van der Waals surface area contributed by atoms with Gasteiger partial charge in [-0.15, -0.1) is 0 Å². The van der Waals surface area contributed by atoms with Crippen molar-refractivity contribution in [1.29, 1.82) is 5.26 Å². The summed E-state index contributed by atoms with van der Waals surface area (Å²) in [5.41, 5.74) is -0.788. The number of fused-ring (bicyclic) bond motifs is 7. The Morgan fingerprint density at radius 1 is 0.952 bits per heavy atom. The summed E-state index contributed by atoms with van der Waals surface area (Å²) in [5.74, 6) is 0.252. The average Bonchev–Trinajstić information content (AvgIpc) is 2.91. The maximum atomic E-state index is 14.7. The first kappa shape index (κ1) is 31.2. The third-order valence-corrected chi connectivity index (χ3v) is 13.6. The molecule has 5 aliphatic carbocycles. The first-order valence-electron chi connectivity index (χ1n) is 16.7. The Labute approximate surface area is 254 Å². The number of Topliss-reactive ketones (excluding diaryl/α,β-unsaturated/α-hetero) is 1. The minimum Gasteiger partial charge on any atom is -0.342 e. The molecule has 5 aliphatic rings. The van der Waals surface area contributed by atoms with Crippen LogP contribution in [0.2, 0.25) is 0 Å². The number of ketones is 2. The second-order valence-corrected chi connectivity index (χ2v) is 16.7. The van der Waals surface area contributed by atoms with Gasteiger partial charge in [0.1, 0.15) is 6.07 Å². The van der Waals surface area contributed by atoms with Crippen molar-refractivity contribution in [2.24, 2.45) is 50.2 Å². The summed E-state index contributed by atoms with van der Waals surface area (Å²) in [7, 11) is 0. The van der Waals surface area contributed by atoms with Gasteiger partial charge in [0.05, 0.1) is 11.0 Å². The summed E-state index contributed by atoms with van der Waals surface area (Å²) in [5, 5.41) is 9.97. The Morgan fingerprint density at radius 3 is 2.17 bits per heavy atom. The fourth-order valence-corrected chi connectivity index (χ4v) is 11.2. The Morgan fingerprint density at radius 2 is 1.57 bits per heavy atom. The van der Waals surface area contributed by atoms with Crippen LogP contribution >= 0.6 is 0 Å². The lowest BCUT2D eigenvalue weighted by Crippen LogP contribution is -2.66. The zero-order valence-corrected chi connectivity index (χ0v) is 27.8. The standard InChI is InChI=1S/C37H54N2O3/c1-10-18-39(19-11-2)31(42)37-16-14-32(3,4)22-25(37)29-26(40)20-28-34(7)21-24(23-38)30(41)33(5,6)27(34)12-13-35(28,8)36(29,9)15-17-37/h20-21,25,27,29H,10-19,22H2,1-9H3/t25?,27-,29?,34-,35+,36+,37-/m0/s1. The van der Waals surface area contributed by atoms with Gasteiger partial charge in [0.15, 0.2) is 11.6 Å². The molecule has 7 atom stereocenters. The maximum Gasteiger partial charge on any atom is 0.229 e. The molecular weight excluding hydrogens is 520 g/mol. The second-order valence-electron chi connectivity index (χ2n) is 16.7. The van der Waals surface area contributed by atoms with Gasteiger partial charge >= 0.3 is 0 Å². The first-order chi connectivity index (χ1) is 19.5. The Kier molecular flexibility index (Phi) is 7.36. The van der Waals surface area contributed by atoms with Crippen molar-refractivity contribution in [2.75, 3.05) is 13.1 Å². The monoisotopic (exact) mass is 574 g/mol. The molecule has 1 amide bonds. The number of amides is 1. The van der Waals surface area contributed by atoms with Crippen molar-refractivity contribution in [3.8, 4) is 6.07 Å². The molecule has 0 heterocycles. The first-order valence-corrected chi connectivity index (χ1v) is 16.7. The molecule has 0 bridgehead atoms. The minimum atomic E-state index is -0.666. The van der Waals surface area contributed by atoms with Gasteiger partial charge in [-0.3, -0.25) is 14.4 Å². The molecule has 0 radical (unpaired) electrons. The molecule has 0 aromatic carbocycles. The molecule has 5 nitrogen and oxygen atoms in total. The van der Waals surface area contributed by atoms with E-state index in [0.717, 1.165) is 76.5 Å². The van der Waals surface area contributed by atoms with Crippen LogP contribution in [0.15, 0.2) is 23.3 Å². The van der Waals surface area contributed by atoms with Crippen LogP contribution in [0.3, 0.4) is 0 Å². The van der Waals surface area contributed by atoms with Crippen LogP contribution in [-0.4, -0.2) is 35.5 Å². The van der Waals surface area contributed by atoms with Crippen molar-refractivity contribution in [1.82, 2.24) is 4.90 Å². The normalized spacial score (nSPS) is 41.7. The lowest BCUT2D eigenvalue weighted by Gasteiger charge is -2.69. The predicted molar refractivity (Wildman–Crippen MR) is 166 cm³/mol. The average molecular weight is 575 g/mol. The summed E-state index contributed by atoms with van der Waals surface area (Å²) >= 11 is 0. The highest BCUT2D eigenvalue weighted by Gasteiger charge is 2.71. The lowest BCUT2D eigenvalue weighted by molar-refractivity contribution is -0.184. The zero-order chi connectivity index (χ0) is 31.1. The molecule has 5 heteroatoms. The molecule has 0 aliphatic heterocycles. The molecule has 0 saturated heterocycles. The van der Waals surface area contributed by atoms with E-state index in [1.54, 1.807) is 0 Å². The third-order valence-electron chi connectivity index (χ3n) is 13.6. The van der Waals surface area contributed by atoms with Gasteiger partial charge in [0.25, 0.3) is 0 Å². The van der Waals surface area contributed by atoms with Crippen molar-refractivity contribution in [3.63, 3.8) is 0 Å². The minimum absolute atomic E-state index is 0.0194. The third kappa shape index (κ3) is 4.02. The molecule has 2 unspecified atom stereocenters. The number of hydrogen-bond acceptors (Lipinski definition) is 4. The molecule has 3 fully saturated rings. The summed E-state index contributed by atoms with van der Waals surface area (Å²) in [6, 6.07) is 2.20. The van der Waals surface area contributed by atoms with E-state index in [9.17, 15) is 19.6 Å². The topological polar surface area (TPSA) is 78.2 Å². The number of nitrogens with zero attached hydrogens (tertiary/aromatic N) is 2. The summed E-state index contributed by atoms with van der Waals surface area (Å²) in [6.07, 6.45) is 12.0. The Hall–Kier alpha value is -2.22. The summed E-state index contributed by atoms with van der Waals surface area (Å²) < 4.78 is 0. The second kappa shape index (κ2) is 9.90. The SMILES string of the molecule is CCCN(CCC)C(=O)[C@]12CCC(C)(C)CC1C1C(=O)C=C3[C@@]4(C)C=C(C#N)C(=O)C(C)(C)[C@@H]4CC[C@@]3(C)[C@]1(C)CC2. The Bertz CT molecular complexity index is 1290. The van der Waals surface area contributed by atoms with Crippen molar-refractivity contribution in [3.05, 3.63) is 23.3 Å². The van der Waals surface area contributed by atoms with Crippen LogP contribution < -0.4 is 0 Å². The highest BCUT2D eigenvalue weighted by Crippen LogP contribution is 2.74. The van der Waals surface area contributed by atoms with Crippen molar-refractivity contribution >= 4 is 17.5 Å². The van der Waals surface area contributed by atoms with E-state index in [4.69, 9.17) is 0 Å². The van der Waals surface area contributed by atoms with E-state index in [-0.39, 0.29) is 51.1 Å². The fraction of sp³-hybridized carbons (Fsp3) is 0.784. The van der Waals surface area contributed by atoms with Gasteiger partial charge in [-0.05, 0) is 91.9 Å². The highest BCUT2D eigenvalue weighted by atomic mass is 16.2.